The fraction of sp³-hybridized carbons (Fsp3) is 0.286. The molecule has 0 saturated heterocycles. The maximum atomic E-state index is 11.9. The molecule has 1 amide bonds. The molecule has 2 atom stereocenters. The number of nitrogens with two attached hydrogens (primary N) is 1. The van der Waals surface area contributed by atoms with Crippen LogP contribution >= 0.6 is 0 Å². The van der Waals surface area contributed by atoms with Gasteiger partial charge in [-0.2, -0.15) is 0 Å². The molecule has 108 valence electrons. The van der Waals surface area contributed by atoms with E-state index in [9.17, 15) is 9.59 Å². The number of amides is 1. The Bertz CT molecular complexity index is 484. The summed E-state index contributed by atoms with van der Waals surface area (Å²) >= 11 is 0. The Labute approximate surface area is 117 Å². The van der Waals surface area contributed by atoms with Crippen LogP contribution < -0.4 is 11.1 Å². The first-order chi connectivity index (χ1) is 9.45. The minimum Gasteiger partial charge on any atom is -0.478 e. The number of benzene rings is 1. The predicted molar refractivity (Wildman–Crippen MR) is 75.6 cm³/mol. The lowest BCUT2D eigenvalue weighted by Gasteiger charge is -2.19. The third kappa shape index (κ3) is 4.49. The first-order valence-corrected chi connectivity index (χ1v) is 6.08. The van der Waals surface area contributed by atoms with Gasteiger partial charge in [0, 0.05) is 5.69 Å². The Balaban J connectivity index is 2.60. The van der Waals surface area contributed by atoms with Crippen molar-refractivity contribution in [2.24, 2.45) is 5.73 Å². The van der Waals surface area contributed by atoms with E-state index >= 15 is 0 Å². The van der Waals surface area contributed by atoms with Crippen LogP contribution in [0.15, 0.2) is 36.9 Å². The topological polar surface area (TPSA) is 102 Å². The van der Waals surface area contributed by atoms with Crippen LogP contribution in [0, 0.1) is 0 Å². The lowest BCUT2D eigenvalue weighted by molar-refractivity contribution is -0.120. The molecule has 0 aliphatic rings. The molecule has 1 aromatic carbocycles. The molecule has 0 saturated carbocycles. The normalized spacial score (nSPS) is 13.3. The van der Waals surface area contributed by atoms with Gasteiger partial charge in [0.15, 0.2) is 0 Å². The third-order valence-electron chi connectivity index (χ3n) is 2.68. The van der Waals surface area contributed by atoms with Gasteiger partial charge in [0.25, 0.3) is 0 Å². The Morgan fingerprint density at radius 2 is 2.05 bits per heavy atom. The van der Waals surface area contributed by atoms with Crippen molar-refractivity contribution in [2.45, 2.75) is 19.1 Å². The molecule has 1 aromatic rings. The van der Waals surface area contributed by atoms with Gasteiger partial charge in [0.1, 0.15) is 6.04 Å². The van der Waals surface area contributed by atoms with Crippen LogP contribution in [-0.4, -0.2) is 35.7 Å². The number of carbonyl (C=O) groups excluding carboxylic acids is 1. The first kappa shape index (κ1) is 15.9. The number of hydrogen-bond acceptors (Lipinski definition) is 4. The number of nitrogens with one attached hydrogen (secondary N) is 1. The number of anilines is 1. The zero-order valence-corrected chi connectivity index (χ0v) is 11.2. The van der Waals surface area contributed by atoms with Crippen molar-refractivity contribution in [3.05, 3.63) is 42.5 Å². The lowest BCUT2D eigenvalue weighted by Crippen LogP contribution is -2.45. The van der Waals surface area contributed by atoms with Crippen LogP contribution in [0.25, 0.3) is 0 Å². The van der Waals surface area contributed by atoms with Crippen molar-refractivity contribution >= 4 is 17.6 Å². The van der Waals surface area contributed by atoms with E-state index < -0.39 is 24.0 Å². The summed E-state index contributed by atoms with van der Waals surface area (Å²) < 4.78 is 5.28. The van der Waals surface area contributed by atoms with E-state index in [0.717, 1.165) is 0 Å². The summed E-state index contributed by atoms with van der Waals surface area (Å²) in [5.41, 5.74) is 6.39. The number of carboxylic acid groups (broad SMARTS) is 1. The number of rotatable bonds is 7. The van der Waals surface area contributed by atoms with E-state index in [1.165, 1.54) is 24.3 Å². The Morgan fingerprint density at radius 1 is 1.45 bits per heavy atom. The Kier molecular flexibility index (Phi) is 5.89. The second kappa shape index (κ2) is 7.42. The monoisotopic (exact) mass is 278 g/mol. The van der Waals surface area contributed by atoms with Crippen molar-refractivity contribution in [3.8, 4) is 0 Å². The van der Waals surface area contributed by atoms with Gasteiger partial charge in [-0.25, -0.2) is 4.79 Å². The number of carboxylic acids is 1. The highest BCUT2D eigenvalue weighted by atomic mass is 16.5. The molecule has 0 heterocycles. The zero-order valence-electron chi connectivity index (χ0n) is 11.2. The number of hydrogen-bond donors (Lipinski definition) is 3. The predicted octanol–water partition coefficient (Wildman–Crippen LogP) is 1.24. The molecule has 6 heteroatoms. The van der Waals surface area contributed by atoms with Gasteiger partial charge in [-0.1, -0.05) is 6.08 Å². The molecule has 0 aliphatic carbocycles. The summed E-state index contributed by atoms with van der Waals surface area (Å²) in [6.07, 6.45) is 1.12. The first-order valence-electron chi connectivity index (χ1n) is 6.08. The molecule has 0 fully saturated rings. The zero-order chi connectivity index (χ0) is 15.1. The summed E-state index contributed by atoms with van der Waals surface area (Å²) in [5.74, 6) is -1.42. The van der Waals surface area contributed by atoms with E-state index in [-0.39, 0.29) is 5.56 Å². The van der Waals surface area contributed by atoms with E-state index in [4.69, 9.17) is 15.6 Å². The molecular formula is C14H18N2O4. The summed E-state index contributed by atoms with van der Waals surface area (Å²) in [7, 11) is 0. The average molecular weight is 278 g/mol. The van der Waals surface area contributed by atoms with Crippen LogP contribution in [0.2, 0.25) is 0 Å². The second-order valence-electron chi connectivity index (χ2n) is 4.22. The molecule has 6 nitrogen and oxygen atoms in total. The summed E-state index contributed by atoms with van der Waals surface area (Å²) in [6.45, 7) is 5.52. The maximum Gasteiger partial charge on any atom is 0.335 e. The maximum absolute atomic E-state index is 11.9. The summed E-state index contributed by atoms with van der Waals surface area (Å²) in [5, 5.41) is 11.4. The highest BCUT2D eigenvalue weighted by Crippen LogP contribution is 2.10. The standard InChI is InChI=1S/C14H18N2O4/c1-3-8-20-9(2)12(15)13(17)16-11-6-4-10(5-7-11)14(18)19/h3-7,9,12H,1,8,15H2,2H3,(H,16,17)(H,18,19)/t9-,12+/m1/s1. The van der Waals surface area contributed by atoms with Crippen molar-refractivity contribution in [2.75, 3.05) is 11.9 Å². The molecule has 0 aliphatic heterocycles. The molecular weight excluding hydrogens is 260 g/mol. The van der Waals surface area contributed by atoms with E-state index in [2.05, 4.69) is 11.9 Å². The minimum atomic E-state index is -1.02. The van der Waals surface area contributed by atoms with Crippen LogP contribution in [0.1, 0.15) is 17.3 Å². The smallest absolute Gasteiger partial charge is 0.335 e. The molecule has 0 aromatic heterocycles. The fourth-order valence-corrected chi connectivity index (χ4v) is 1.46. The van der Waals surface area contributed by atoms with E-state index in [0.29, 0.717) is 12.3 Å². The highest BCUT2D eigenvalue weighted by molar-refractivity contribution is 5.95. The van der Waals surface area contributed by atoms with Crippen LogP contribution in [0.3, 0.4) is 0 Å². The van der Waals surface area contributed by atoms with Crippen molar-refractivity contribution < 1.29 is 19.4 Å². The Morgan fingerprint density at radius 3 is 2.55 bits per heavy atom. The van der Waals surface area contributed by atoms with Crippen LogP contribution in [0.5, 0.6) is 0 Å². The number of ether oxygens (including phenoxy) is 1. The largest absolute Gasteiger partial charge is 0.478 e. The molecule has 1 rings (SSSR count). The molecule has 0 radical (unpaired) electrons. The average Bonchev–Trinajstić information content (AvgIpc) is 2.44. The quantitative estimate of drug-likeness (QED) is 0.651. The number of aromatic carboxylic acids is 1. The highest BCUT2D eigenvalue weighted by Gasteiger charge is 2.21. The third-order valence-corrected chi connectivity index (χ3v) is 2.68. The van der Waals surface area contributed by atoms with Gasteiger partial charge in [-0.05, 0) is 31.2 Å². The molecule has 0 spiro atoms. The van der Waals surface area contributed by atoms with Crippen molar-refractivity contribution in [1.82, 2.24) is 0 Å². The van der Waals surface area contributed by atoms with Crippen molar-refractivity contribution in [1.29, 1.82) is 0 Å². The fourth-order valence-electron chi connectivity index (χ4n) is 1.46. The van der Waals surface area contributed by atoms with E-state index in [1.807, 2.05) is 0 Å². The van der Waals surface area contributed by atoms with Crippen molar-refractivity contribution in [3.63, 3.8) is 0 Å². The lowest BCUT2D eigenvalue weighted by atomic mass is 10.1. The van der Waals surface area contributed by atoms with Gasteiger partial charge in [-0.15, -0.1) is 6.58 Å². The van der Waals surface area contributed by atoms with E-state index in [1.54, 1.807) is 13.0 Å². The summed E-state index contributed by atoms with van der Waals surface area (Å²) in [4.78, 5) is 22.6. The molecule has 20 heavy (non-hydrogen) atoms. The molecule has 0 unspecified atom stereocenters. The van der Waals surface area contributed by atoms with Crippen LogP contribution in [0.4, 0.5) is 5.69 Å². The number of carbonyl (C=O) groups is 2. The second-order valence-corrected chi connectivity index (χ2v) is 4.22. The Hall–Kier alpha value is -2.18. The van der Waals surface area contributed by atoms with Gasteiger partial charge in [0.2, 0.25) is 5.91 Å². The van der Waals surface area contributed by atoms with Gasteiger partial charge < -0.3 is 20.9 Å². The summed E-state index contributed by atoms with van der Waals surface area (Å²) in [6, 6.07) is 4.99. The van der Waals surface area contributed by atoms with Gasteiger partial charge >= 0.3 is 5.97 Å². The van der Waals surface area contributed by atoms with Crippen LogP contribution in [-0.2, 0) is 9.53 Å². The molecule has 4 N–H and O–H groups in total. The van der Waals surface area contributed by atoms with Gasteiger partial charge in [0.05, 0.1) is 18.3 Å². The SMILES string of the molecule is C=CCO[C@H](C)[C@H](N)C(=O)Nc1ccc(C(=O)O)cc1. The van der Waals surface area contributed by atoms with Gasteiger partial charge in [-0.3, -0.25) is 4.79 Å². The molecule has 0 bridgehead atoms. The minimum absolute atomic E-state index is 0.148.